The van der Waals surface area contributed by atoms with Gasteiger partial charge in [0.05, 0.1) is 25.3 Å². The highest BCUT2D eigenvalue weighted by molar-refractivity contribution is 5.67. The van der Waals surface area contributed by atoms with Gasteiger partial charge in [-0.2, -0.15) is 0 Å². The summed E-state index contributed by atoms with van der Waals surface area (Å²) in [5.74, 6) is 0.0433. The normalized spacial score (nSPS) is 12.5. The van der Waals surface area contributed by atoms with E-state index < -0.39 is 12.1 Å². The lowest BCUT2D eigenvalue weighted by Gasteiger charge is -2.14. The van der Waals surface area contributed by atoms with Crippen molar-refractivity contribution in [2.24, 2.45) is 0 Å². The number of furan rings is 1. The van der Waals surface area contributed by atoms with Gasteiger partial charge in [0.2, 0.25) is 5.82 Å². The molecule has 8 heteroatoms. The van der Waals surface area contributed by atoms with E-state index in [9.17, 15) is 4.79 Å². The molecule has 8 nitrogen and oxygen atoms in total. The van der Waals surface area contributed by atoms with Gasteiger partial charge in [-0.3, -0.25) is 4.79 Å². The van der Waals surface area contributed by atoms with Gasteiger partial charge >= 0.3 is 5.97 Å². The molecule has 0 saturated heterocycles. The summed E-state index contributed by atoms with van der Waals surface area (Å²) in [5, 5.41) is 20.1. The zero-order chi connectivity index (χ0) is 13.7. The zero-order valence-electron chi connectivity index (χ0n) is 10.4. The predicted octanol–water partition coefficient (Wildman–Crippen LogP) is 0.813. The number of tetrazole rings is 1. The maximum atomic E-state index is 10.8. The number of hydrogen-bond acceptors (Lipinski definition) is 6. The van der Waals surface area contributed by atoms with Crippen LogP contribution >= 0.6 is 0 Å². The summed E-state index contributed by atoms with van der Waals surface area (Å²) in [6.07, 6.45) is 0.927. The van der Waals surface area contributed by atoms with Gasteiger partial charge in [-0.1, -0.05) is 0 Å². The van der Waals surface area contributed by atoms with Gasteiger partial charge in [-0.05, 0) is 29.5 Å². The maximum absolute atomic E-state index is 10.8. The average Bonchev–Trinajstić information content (AvgIpc) is 2.97. The predicted molar refractivity (Wildman–Crippen MR) is 63.2 cm³/mol. The minimum Gasteiger partial charge on any atom is -0.481 e. The highest BCUT2D eigenvalue weighted by Crippen LogP contribution is 2.16. The molecule has 0 aliphatic carbocycles. The van der Waals surface area contributed by atoms with Crippen LogP contribution in [0, 0.1) is 0 Å². The second kappa shape index (κ2) is 6.10. The first kappa shape index (κ1) is 13.2. The molecule has 2 aromatic heterocycles. The topological polar surface area (TPSA) is 103 Å². The van der Waals surface area contributed by atoms with Crippen LogP contribution in [0.15, 0.2) is 22.8 Å². The Morgan fingerprint density at radius 3 is 3.11 bits per heavy atom. The summed E-state index contributed by atoms with van der Waals surface area (Å²) < 4.78 is 12.1. The van der Waals surface area contributed by atoms with E-state index in [1.165, 1.54) is 10.9 Å². The molecule has 0 bridgehead atoms. The van der Waals surface area contributed by atoms with Gasteiger partial charge in [0, 0.05) is 6.61 Å². The number of carboxylic acid groups (broad SMARTS) is 1. The third kappa shape index (κ3) is 3.38. The van der Waals surface area contributed by atoms with E-state index in [1.54, 1.807) is 12.1 Å². The van der Waals surface area contributed by atoms with Gasteiger partial charge in [0.15, 0.2) is 5.76 Å². The average molecular weight is 266 g/mol. The smallest absolute Gasteiger partial charge is 0.306 e. The van der Waals surface area contributed by atoms with Gasteiger partial charge in [-0.15, -0.1) is 5.10 Å². The van der Waals surface area contributed by atoms with Crippen molar-refractivity contribution in [3.63, 3.8) is 0 Å². The molecule has 0 radical (unpaired) electrons. The summed E-state index contributed by atoms with van der Waals surface area (Å²) in [7, 11) is 0. The minimum atomic E-state index is -0.925. The van der Waals surface area contributed by atoms with Gasteiger partial charge < -0.3 is 14.3 Å². The molecule has 0 amide bonds. The number of ether oxygens (including phenoxy) is 1. The highest BCUT2D eigenvalue weighted by atomic mass is 16.5. The second-order valence-corrected chi connectivity index (χ2v) is 3.84. The van der Waals surface area contributed by atoms with Crippen LogP contribution in [-0.2, 0) is 16.1 Å². The molecule has 0 aromatic carbocycles. The molecule has 19 heavy (non-hydrogen) atoms. The number of aliphatic carboxylic acids is 1. The van der Waals surface area contributed by atoms with E-state index in [-0.39, 0.29) is 13.0 Å². The van der Waals surface area contributed by atoms with Crippen LogP contribution < -0.4 is 0 Å². The molecule has 0 aliphatic rings. The Hall–Kier alpha value is -2.22. The molecule has 1 unspecified atom stereocenters. The standard InChI is InChI=1S/C11H14N4O4/c1-2-18-8(6-10(16)17)7-15-11(12-13-14-15)9-4-3-5-19-9/h3-5,8H,2,6-7H2,1H3,(H,16,17). The van der Waals surface area contributed by atoms with Crippen molar-refractivity contribution in [1.29, 1.82) is 0 Å². The van der Waals surface area contributed by atoms with Crippen LogP contribution in [0.2, 0.25) is 0 Å². The molecule has 0 fully saturated rings. The minimum absolute atomic E-state index is 0.106. The first-order valence-electron chi connectivity index (χ1n) is 5.84. The lowest BCUT2D eigenvalue weighted by Crippen LogP contribution is -2.24. The van der Waals surface area contributed by atoms with Crippen LogP contribution in [0.4, 0.5) is 0 Å². The fourth-order valence-electron chi connectivity index (χ4n) is 1.71. The summed E-state index contributed by atoms with van der Waals surface area (Å²) in [4.78, 5) is 10.8. The molecular formula is C11H14N4O4. The third-order valence-corrected chi connectivity index (χ3v) is 2.45. The van der Waals surface area contributed by atoms with Crippen molar-refractivity contribution in [2.45, 2.75) is 26.0 Å². The lowest BCUT2D eigenvalue weighted by molar-refractivity contribution is -0.140. The molecule has 2 aromatic rings. The molecule has 1 atom stereocenters. The van der Waals surface area contributed by atoms with Crippen LogP contribution in [0.1, 0.15) is 13.3 Å². The van der Waals surface area contributed by atoms with Crippen LogP contribution in [-0.4, -0.2) is 44.0 Å². The molecule has 0 saturated carbocycles. The van der Waals surface area contributed by atoms with Crippen LogP contribution in [0.5, 0.6) is 0 Å². The monoisotopic (exact) mass is 266 g/mol. The number of carbonyl (C=O) groups is 1. The van der Waals surface area contributed by atoms with Crippen molar-refractivity contribution >= 4 is 5.97 Å². The highest BCUT2D eigenvalue weighted by Gasteiger charge is 2.19. The molecule has 102 valence electrons. The maximum Gasteiger partial charge on any atom is 0.306 e. The molecule has 0 aliphatic heterocycles. The first-order valence-corrected chi connectivity index (χ1v) is 5.84. The summed E-state index contributed by atoms with van der Waals surface area (Å²) in [6, 6.07) is 3.46. The summed E-state index contributed by atoms with van der Waals surface area (Å²) in [5.41, 5.74) is 0. The molecule has 1 N–H and O–H groups in total. The lowest BCUT2D eigenvalue weighted by atomic mass is 10.2. The Labute approximate surface area is 109 Å². The van der Waals surface area contributed by atoms with Crippen LogP contribution in [0.3, 0.4) is 0 Å². The number of carboxylic acids is 1. The SMILES string of the molecule is CCOC(CC(=O)O)Cn1nnnc1-c1ccco1. The Morgan fingerprint density at radius 1 is 1.63 bits per heavy atom. The van der Waals surface area contributed by atoms with E-state index in [0.29, 0.717) is 18.2 Å². The number of rotatable bonds is 7. The fraction of sp³-hybridized carbons (Fsp3) is 0.455. The molecule has 2 heterocycles. The van der Waals surface area contributed by atoms with E-state index in [4.69, 9.17) is 14.3 Å². The van der Waals surface area contributed by atoms with Crippen molar-refractivity contribution < 1.29 is 19.1 Å². The molecule has 0 spiro atoms. The van der Waals surface area contributed by atoms with Gasteiger partial charge in [0.1, 0.15) is 0 Å². The fourth-order valence-corrected chi connectivity index (χ4v) is 1.71. The quantitative estimate of drug-likeness (QED) is 0.790. The molecular weight excluding hydrogens is 252 g/mol. The van der Waals surface area contributed by atoms with E-state index in [2.05, 4.69) is 15.5 Å². The Bertz CT molecular complexity index is 523. The Kier molecular flexibility index (Phi) is 4.24. The number of nitrogens with zero attached hydrogens (tertiary/aromatic N) is 4. The van der Waals surface area contributed by atoms with Gasteiger partial charge in [-0.25, -0.2) is 4.68 Å². The molecule has 2 rings (SSSR count). The first-order chi connectivity index (χ1) is 9.20. The number of aromatic nitrogens is 4. The Balaban J connectivity index is 2.13. The summed E-state index contributed by atoms with van der Waals surface area (Å²) in [6.45, 7) is 2.49. The van der Waals surface area contributed by atoms with Crippen LogP contribution in [0.25, 0.3) is 11.6 Å². The largest absolute Gasteiger partial charge is 0.481 e. The zero-order valence-corrected chi connectivity index (χ0v) is 10.4. The van der Waals surface area contributed by atoms with E-state index in [0.717, 1.165) is 0 Å². The summed E-state index contributed by atoms with van der Waals surface area (Å²) >= 11 is 0. The van der Waals surface area contributed by atoms with E-state index in [1.807, 2.05) is 6.92 Å². The second-order valence-electron chi connectivity index (χ2n) is 3.84. The van der Waals surface area contributed by atoms with E-state index >= 15 is 0 Å². The Morgan fingerprint density at radius 2 is 2.47 bits per heavy atom. The van der Waals surface area contributed by atoms with Crippen molar-refractivity contribution in [2.75, 3.05) is 6.61 Å². The van der Waals surface area contributed by atoms with Crippen molar-refractivity contribution in [1.82, 2.24) is 20.2 Å². The van der Waals surface area contributed by atoms with Gasteiger partial charge in [0.25, 0.3) is 0 Å². The van der Waals surface area contributed by atoms with Crippen molar-refractivity contribution in [3.8, 4) is 11.6 Å². The van der Waals surface area contributed by atoms with Crippen molar-refractivity contribution in [3.05, 3.63) is 18.4 Å². The number of hydrogen-bond donors (Lipinski definition) is 1. The third-order valence-electron chi connectivity index (χ3n) is 2.45.